The average molecular weight is 377 g/mol. The van der Waals surface area contributed by atoms with Gasteiger partial charge in [0, 0.05) is 22.2 Å². The van der Waals surface area contributed by atoms with Gasteiger partial charge in [-0.3, -0.25) is 4.79 Å². The Kier molecular flexibility index (Phi) is 5.49. The number of hydrogen-bond acceptors (Lipinski definition) is 4. The van der Waals surface area contributed by atoms with Crippen LogP contribution >= 0.6 is 0 Å². The summed E-state index contributed by atoms with van der Waals surface area (Å²) in [6.07, 6.45) is 4.27. The zero-order valence-electron chi connectivity index (χ0n) is 16.7. The Labute approximate surface area is 166 Å². The molecule has 4 nitrogen and oxygen atoms in total. The third-order valence-corrected chi connectivity index (χ3v) is 5.91. The first-order valence-corrected chi connectivity index (χ1v) is 10.2. The van der Waals surface area contributed by atoms with Crippen molar-refractivity contribution in [2.24, 2.45) is 0 Å². The first-order valence-electron chi connectivity index (χ1n) is 10.2. The first-order chi connectivity index (χ1) is 13.7. The average Bonchev–Trinajstić information content (AvgIpc) is 3.17. The van der Waals surface area contributed by atoms with Crippen LogP contribution in [0.5, 0.6) is 0 Å². The second-order valence-corrected chi connectivity index (χ2v) is 7.71. The van der Waals surface area contributed by atoms with Gasteiger partial charge < -0.3 is 14.6 Å². The molecule has 4 rings (SSSR count). The minimum absolute atomic E-state index is 0.0973. The number of rotatable bonds is 6. The number of nitrogens with zero attached hydrogens (tertiary/aromatic N) is 1. The number of furan rings is 1. The van der Waals surface area contributed by atoms with Gasteiger partial charge in [-0.25, -0.2) is 0 Å². The summed E-state index contributed by atoms with van der Waals surface area (Å²) >= 11 is 0. The lowest BCUT2D eigenvalue weighted by molar-refractivity contribution is 0.0975. The molecule has 1 aliphatic heterocycles. The van der Waals surface area contributed by atoms with E-state index in [1.807, 2.05) is 55.7 Å². The van der Waals surface area contributed by atoms with Crippen molar-refractivity contribution >= 4 is 22.4 Å². The number of benzene rings is 2. The van der Waals surface area contributed by atoms with Crippen molar-refractivity contribution in [1.82, 2.24) is 4.90 Å². The molecule has 28 heavy (non-hydrogen) atoms. The van der Waals surface area contributed by atoms with Gasteiger partial charge in [0.15, 0.2) is 5.78 Å². The highest BCUT2D eigenvalue weighted by molar-refractivity contribution is 6.01. The standard InChI is InChI=1S/C24H28N2O2/c1-3-26-13-11-18(12-14-26)22-16-28-23-10-9-20(15-21(22)23)25-17(2)24(27)19-7-5-4-6-8-19/h4-10,15-18,25H,3,11-14H2,1-2H3. The molecule has 2 aromatic carbocycles. The molecule has 146 valence electrons. The number of piperidine rings is 1. The Bertz CT molecular complexity index is 940. The van der Waals surface area contributed by atoms with Crippen LogP contribution in [0, 0.1) is 0 Å². The molecule has 0 aliphatic carbocycles. The van der Waals surface area contributed by atoms with E-state index in [4.69, 9.17) is 4.42 Å². The van der Waals surface area contributed by atoms with Crippen LogP contribution in [-0.4, -0.2) is 36.4 Å². The van der Waals surface area contributed by atoms with Crippen molar-refractivity contribution in [3.63, 3.8) is 0 Å². The van der Waals surface area contributed by atoms with Gasteiger partial charge in [-0.2, -0.15) is 0 Å². The number of carbonyl (C=O) groups excluding carboxylic acids is 1. The molecule has 0 radical (unpaired) electrons. The molecule has 1 saturated heterocycles. The molecular formula is C24H28N2O2. The van der Waals surface area contributed by atoms with Gasteiger partial charge in [-0.05, 0) is 63.5 Å². The van der Waals surface area contributed by atoms with Gasteiger partial charge >= 0.3 is 0 Å². The Hall–Kier alpha value is -2.59. The molecule has 4 heteroatoms. The fourth-order valence-electron chi connectivity index (χ4n) is 4.18. The van der Waals surface area contributed by atoms with Crippen molar-refractivity contribution in [2.75, 3.05) is 25.0 Å². The number of ketones is 1. The maximum atomic E-state index is 12.7. The molecule has 0 spiro atoms. The molecule has 3 aromatic rings. The topological polar surface area (TPSA) is 45.5 Å². The predicted octanol–water partition coefficient (Wildman–Crippen LogP) is 5.32. The Morgan fingerprint density at radius 3 is 2.64 bits per heavy atom. The monoisotopic (exact) mass is 376 g/mol. The van der Waals surface area contributed by atoms with E-state index in [9.17, 15) is 4.79 Å². The van der Waals surface area contributed by atoms with E-state index in [1.165, 1.54) is 23.8 Å². The first kappa shape index (κ1) is 18.8. The highest BCUT2D eigenvalue weighted by atomic mass is 16.3. The summed E-state index contributed by atoms with van der Waals surface area (Å²) in [4.78, 5) is 15.2. The van der Waals surface area contributed by atoms with Gasteiger partial charge in [0.25, 0.3) is 0 Å². The predicted molar refractivity (Wildman–Crippen MR) is 114 cm³/mol. The Balaban J connectivity index is 1.52. The molecule has 1 aromatic heterocycles. The molecule has 1 fully saturated rings. The number of hydrogen-bond donors (Lipinski definition) is 1. The summed E-state index contributed by atoms with van der Waals surface area (Å²) in [5.41, 5.74) is 3.91. The highest BCUT2D eigenvalue weighted by Crippen LogP contribution is 2.35. The van der Waals surface area contributed by atoms with Gasteiger partial charge in [0.2, 0.25) is 0 Å². The van der Waals surface area contributed by atoms with Crippen molar-refractivity contribution in [3.05, 3.63) is 65.9 Å². The minimum Gasteiger partial charge on any atom is -0.464 e. The van der Waals surface area contributed by atoms with Crippen molar-refractivity contribution in [1.29, 1.82) is 0 Å². The molecule has 1 N–H and O–H groups in total. The largest absolute Gasteiger partial charge is 0.464 e. The van der Waals surface area contributed by atoms with Crippen LogP contribution in [0.25, 0.3) is 11.0 Å². The lowest BCUT2D eigenvalue weighted by Gasteiger charge is -2.30. The highest BCUT2D eigenvalue weighted by Gasteiger charge is 2.23. The Morgan fingerprint density at radius 1 is 1.18 bits per heavy atom. The summed E-state index contributed by atoms with van der Waals surface area (Å²) < 4.78 is 5.82. The number of fused-ring (bicyclic) bond motifs is 1. The van der Waals surface area contributed by atoms with E-state index < -0.39 is 0 Å². The van der Waals surface area contributed by atoms with Gasteiger partial charge in [0.05, 0.1) is 12.3 Å². The third-order valence-electron chi connectivity index (χ3n) is 5.91. The van der Waals surface area contributed by atoms with E-state index in [1.54, 1.807) is 0 Å². The summed E-state index contributed by atoms with van der Waals surface area (Å²) in [5, 5.41) is 4.53. The number of nitrogens with one attached hydrogen (secondary N) is 1. The number of carbonyl (C=O) groups is 1. The summed E-state index contributed by atoms with van der Waals surface area (Å²) in [5.74, 6) is 0.641. The van der Waals surface area contributed by atoms with Crippen molar-refractivity contribution in [3.8, 4) is 0 Å². The molecule has 0 bridgehead atoms. The Morgan fingerprint density at radius 2 is 1.93 bits per heavy atom. The molecule has 0 amide bonds. The SMILES string of the molecule is CCN1CCC(c2coc3ccc(NC(C)C(=O)c4ccccc4)cc23)CC1. The smallest absolute Gasteiger partial charge is 0.184 e. The minimum atomic E-state index is -0.289. The summed E-state index contributed by atoms with van der Waals surface area (Å²) in [7, 11) is 0. The zero-order chi connectivity index (χ0) is 19.5. The van der Waals surface area contributed by atoms with E-state index in [0.717, 1.165) is 36.5 Å². The third kappa shape index (κ3) is 3.83. The van der Waals surface area contributed by atoms with Gasteiger partial charge in [0.1, 0.15) is 5.58 Å². The van der Waals surface area contributed by atoms with Gasteiger partial charge in [-0.1, -0.05) is 37.3 Å². The van der Waals surface area contributed by atoms with E-state index >= 15 is 0 Å². The van der Waals surface area contributed by atoms with E-state index in [2.05, 4.69) is 23.2 Å². The van der Waals surface area contributed by atoms with Crippen molar-refractivity contribution < 1.29 is 9.21 Å². The fraction of sp³-hybridized carbons (Fsp3) is 0.375. The fourth-order valence-corrected chi connectivity index (χ4v) is 4.18. The molecular weight excluding hydrogens is 348 g/mol. The van der Waals surface area contributed by atoms with Crippen LogP contribution in [-0.2, 0) is 0 Å². The van der Waals surface area contributed by atoms with E-state index in [0.29, 0.717) is 5.92 Å². The van der Waals surface area contributed by atoms with Crippen LogP contribution in [0.15, 0.2) is 59.2 Å². The second kappa shape index (κ2) is 8.19. The molecule has 1 atom stereocenters. The second-order valence-electron chi connectivity index (χ2n) is 7.71. The maximum absolute atomic E-state index is 12.7. The van der Waals surface area contributed by atoms with Crippen molar-refractivity contribution in [2.45, 2.75) is 38.6 Å². The van der Waals surface area contributed by atoms with Gasteiger partial charge in [-0.15, -0.1) is 0 Å². The van der Waals surface area contributed by atoms with Crippen LogP contribution in [0.1, 0.15) is 48.5 Å². The van der Waals surface area contributed by atoms with Crippen LogP contribution in [0.4, 0.5) is 5.69 Å². The van der Waals surface area contributed by atoms with E-state index in [-0.39, 0.29) is 11.8 Å². The normalized spacial score (nSPS) is 16.9. The maximum Gasteiger partial charge on any atom is 0.184 e. The summed E-state index contributed by atoms with van der Waals surface area (Å²) in [6, 6.07) is 15.3. The van der Waals surface area contributed by atoms with Crippen LogP contribution in [0.2, 0.25) is 0 Å². The number of likely N-dealkylation sites (tertiary alicyclic amines) is 1. The molecule has 1 unspecified atom stereocenters. The molecule has 1 aliphatic rings. The lowest BCUT2D eigenvalue weighted by atomic mass is 9.89. The number of anilines is 1. The zero-order valence-corrected chi connectivity index (χ0v) is 16.7. The van der Waals surface area contributed by atoms with Crippen LogP contribution < -0.4 is 5.32 Å². The molecule has 2 heterocycles. The van der Waals surface area contributed by atoms with Crippen LogP contribution in [0.3, 0.4) is 0 Å². The lowest BCUT2D eigenvalue weighted by Crippen LogP contribution is -2.32. The molecule has 0 saturated carbocycles. The number of Topliss-reactive ketones (excluding diaryl/α,β-unsaturated/α-hetero) is 1. The quantitative estimate of drug-likeness (QED) is 0.592. The summed E-state index contributed by atoms with van der Waals surface area (Å²) in [6.45, 7) is 7.56.